The normalized spacial score (nSPS) is 17.2. The van der Waals surface area contributed by atoms with E-state index in [-0.39, 0.29) is 5.91 Å². The number of nitrogens with zero attached hydrogens (tertiary/aromatic N) is 4. The van der Waals surface area contributed by atoms with E-state index in [2.05, 4.69) is 10.1 Å². The van der Waals surface area contributed by atoms with E-state index < -0.39 is 0 Å². The molecule has 1 aromatic carbocycles. The molecule has 7 nitrogen and oxygen atoms in total. The van der Waals surface area contributed by atoms with Gasteiger partial charge in [-0.25, -0.2) is 4.98 Å². The van der Waals surface area contributed by atoms with E-state index in [4.69, 9.17) is 9.47 Å². The van der Waals surface area contributed by atoms with Gasteiger partial charge in [0.25, 0.3) is 5.91 Å². The van der Waals surface area contributed by atoms with Crippen LogP contribution in [0.1, 0.15) is 10.4 Å². The number of hydrogen-bond donors (Lipinski definition) is 0. The van der Waals surface area contributed by atoms with Crippen LogP contribution in [0.15, 0.2) is 30.9 Å². The van der Waals surface area contributed by atoms with Crippen molar-refractivity contribution in [3.8, 4) is 11.5 Å². The van der Waals surface area contributed by atoms with Crippen molar-refractivity contribution in [2.24, 2.45) is 5.92 Å². The van der Waals surface area contributed by atoms with E-state index in [1.54, 1.807) is 17.1 Å². The van der Waals surface area contributed by atoms with E-state index in [1.165, 1.54) is 6.33 Å². The second kappa shape index (κ2) is 5.32. The number of carbonyl (C=O) groups is 1. The Morgan fingerprint density at radius 3 is 2.95 bits per heavy atom. The fraction of sp³-hybridized carbons (Fsp3) is 0.400. The highest BCUT2D eigenvalue weighted by Crippen LogP contribution is 2.35. The third-order valence-electron chi connectivity index (χ3n) is 3.95. The van der Waals surface area contributed by atoms with E-state index in [0.29, 0.717) is 36.2 Å². The molecule has 1 fully saturated rings. The molecule has 22 heavy (non-hydrogen) atoms. The monoisotopic (exact) mass is 300 g/mol. The lowest BCUT2D eigenvalue weighted by molar-refractivity contribution is 0.0453. The highest BCUT2D eigenvalue weighted by molar-refractivity contribution is 5.98. The first kappa shape index (κ1) is 13.1. The number of fused-ring (bicyclic) bond motifs is 1. The molecule has 7 heteroatoms. The smallest absolute Gasteiger partial charge is 0.257 e. The number of ether oxygens (including phenoxy) is 2. The molecule has 2 aliphatic heterocycles. The van der Waals surface area contributed by atoms with Crippen LogP contribution in [0, 0.1) is 5.92 Å². The number of rotatable bonds is 3. The molecular formula is C15H16N4O3. The molecule has 0 saturated carbocycles. The Labute approximate surface area is 127 Å². The first-order chi connectivity index (χ1) is 10.8. The average molecular weight is 300 g/mol. The lowest BCUT2D eigenvalue weighted by Gasteiger charge is -2.39. The van der Waals surface area contributed by atoms with Crippen LogP contribution in [0.3, 0.4) is 0 Å². The molecular weight excluding hydrogens is 284 g/mol. The molecule has 2 aromatic rings. The lowest BCUT2D eigenvalue weighted by Crippen LogP contribution is -2.51. The molecule has 0 bridgehead atoms. The van der Waals surface area contributed by atoms with Gasteiger partial charge in [-0.15, -0.1) is 0 Å². The molecule has 0 radical (unpaired) electrons. The van der Waals surface area contributed by atoms with E-state index in [0.717, 1.165) is 19.6 Å². The second-order valence-corrected chi connectivity index (χ2v) is 5.52. The van der Waals surface area contributed by atoms with Crippen LogP contribution in [0.5, 0.6) is 11.5 Å². The maximum absolute atomic E-state index is 12.6. The third-order valence-corrected chi connectivity index (χ3v) is 3.95. The fourth-order valence-electron chi connectivity index (χ4n) is 2.86. The number of likely N-dealkylation sites (tertiary alicyclic amines) is 1. The Kier molecular flexibility index (Phi) is 3.17. The van der Waals surface area contributed by atoms with Gasteiger partial charge in [0.1, 0.15) is 25.9 Å². The van der Waals surface area contributed by atoms with Gasteiger partial charge in [-0.05, 0) is 12.1 Å². The summed E-state index contributed by atoms with van der Waals surface area (Å²) in [6.07, 6.45) is 3.22. The highest BCUT2D eigenvalue weighted by atomic mass is 16.6. The number of para-hydroxylation sites is 1. The zero-order valence-corrected chi connectivity index (χ0v) is 12.0. The summed E-state index contributed by atoms with van der Waals surface area (Å²) in [7, 11) is 0. The summed E-state index contributed by atoms with van der Waals surface area (Å²) in [5.41, 5.74) is 0.580. The van der Waals surface area contributed by atoms with Crippen LogP contribution >= 0.6 is 0 Å². The van der Waals surface area contributed by atoms with Gasteiger partial charge in [-0.2, -0.15) is 5.10 Å². The van der Waals surface area contributed by atoms with Crippen molar-refractivity contribution in [2.75, 3.05) is 26.3 Å². The van der Waals surface area contributed by atoms with Crippen molar-refractivity contribution in [2.45, 2.75) is 6.54 Å². The van der Waals surface area contributed by atoms with Gasteiger partial charge in [0, 0.05) is 25.6 Å². The summed E-state index contributed by atoms with van der Waals surface area (Å²) >= 11 is 0. The van der Waals surface area contributed by atoms with Gasteiger partial charge in [-0.1, -0.05) is 6.07 Å². The summed E-state index contributed by atoms with van der Waals surface area (Å²) in [5, 5.41) is 4.09. The maximum atomic E-state index is 12.6. The molecule has 1 aromatic heterocycles. The van der Waals surface area contributed by atoms with Crippen LogP contribution < -0.4 is 9.47 Å². The topological polar surface area (TPSA) is 69.5 Å². The minimum atomic E-state index is -0.00260. The van der Waals surface area contributed by atoms with Crippen molar-refractivity contribution in [3.63, 3.8) is 0 Å². The van der Waals surface area contributed by atoms with Crippen LogP contribution in [-0.4, -0.2) is 51.9 Å². The van der Waals surface area contributed by atoms with Crippen molar-refractivity contribution in [1.82, 2.24) is 19.7 Å². The van der Waals surface area contributed by atoms with Gasteiger partial charge < -0.3 is 14.4 Å². The molecule has 2 aliphatic rings. The Morgan fingerprint density at radius 1 is 1.27 bits per heavy atom. The Hall–Kier alpha value is -2.57. The number of carbonyl (C=O) groups excluding carboxylic acids is 1. The molecule has 0 unspecified atom stereocenters. The molecule has 114 valence electrons. The van der Waals surface area contributed by atoms with Crippen LogP contribution in [0.25, 0.3) is 0 Å². The van der Waals surface area contributed by atoms with Crippen LogP contribution in [0.2, 0.25) is 0 Å². The quantitative estimate of drug-likeness (QED) is 0.839. The van der Waals surface area contributed by atoms with Crippen LogP contribution in [-0.2, 0) is 6.54 Å². The standard InChI is InChI=1S/C15H16N4O3/c20-15(12-2-1-3-13-14(12)22-5-4-21-13)18-6-11(7-18)8-19-10-16-9-17-19/h1-3,9-11H,4-8H2. The van der Waals surface area contributed by atoms with E-state index >= 15 is 0 Å². The van der Waals surface area contributed by atoms with E-state index in [9.17, 15) is 4.79 Å². The molecule has 0 spiro atoms. The molecule has 4 rings (SSSR count). The minimum Gasteiger partial charge on any atom is -0.486 e. The van der Waals surface area contributed by atoms with E-state index in [1.807, 2.05) is 17.0 Å². The predicted molar refractivity (Wildman–Crippen MR) is 76.8 cm³/mol. The maximum Gasteiger partial charge on any atom is 0.257 e. The third kappa shape index (κ3) is 2.28. The molecule has 1 amide bonds. The molecule has 0 N–H and O–H groups in total. The second-order valence-electron chi connectivity index (χ2n) is 5.52. The largest absolute Gasteiger partial charge is 0.486 e. The molecule has 3 heterocycles. The molecule has 1 saturated heterocycles. The van der Waals surface area contributed by atoms with Gasteiger partial charge >= 0.3 is 0 Å². The zero-order valence-electron chi connectivity index (χ0n) is 12.0. The van der Waals surface area contributed by atoms with Crippen molar-refractivity contribution in [1.29, 1.82) is 0 Å². The SMILES string of the molecule is O=C(c1cccc2c1OCCO2)N1CC(Cn2cncn2)C1. The van der Waals surface area contributed by atoms with Crippen molar-refractivity contribution < 1.29 is 14.3 Å². The van der Waals surface area contributed by atoms with Crippen LogP contribution in [0.4, 0.5) is 0 Å². The van der Waals surface area contributed by atoms with Gasteiger partial charge in [0.05, 0.1) is 5.56 Å². The van der Waals surface area contributed by atoms with Crippen molar-refractivity contribution in [3.05, 3.63) is 36.4 Å². The molecule has 0 aliphatic carbocycles. The minimum absolute atomic E-state index is 0.00260. The number of benzene rings is 1. The van der Waals surface area contributed by atoms with Gasteiger partial charge in [0.15, 0.2) is 11.5 Å². The lowest BCUT2D eigenvalue weighted by atomic mass is 9.98. The predicted octanol–water partition coefficient (Wildman–Crippen LogP) is 0.821. The Balaban J connectivity index is 1.43. The summed E-state index contributed by atoms with van der Waals surface area (Å²) < 4.78 is 12.9. The number of hydrogen-bond acceptors (Lipinski definition) is 5. The number of amides is 1. The first-order valence-corrected chi connectivity index (χ1v) is 7.31. The van der Waals surface area contributed by atoms with Gasteiger partial charge in [0.2, 0.25) is 0 Å². The van der Waals surface area contributed by atoms with Crippen molar-refractivity contribution >= 4 is 5.91 Å². The molecule has 0 atom stereocenters. The van der Waals surface area contributed by atoms with Gasteiger partial charge in [-0.3, -0.25) is 9.48 Å². The highest BCUT2D eigenvalue weighted by Gasteiger charge is 2.33. The zero-order chi connectivity index (χ0) is 14.9. The number of aromatic nitrogens is 3. The average Bonchev–Trinajstić information content (AvgIpc) is 3.02. The summed E-state index contributed by atoms with van der Waals surface area (Å²) in [4.78, 5) is 18.4. The first-order valence-electron chi connectivity index (χ1n) is 7.31. The fourth-order valence-corrected chi connectivity index (χ4v) is 2.86. The summed E-state index contributed by atoms with van der Waals surface area (Å²) in [6.45, 7) is 3.24. The Morgan fingerprint density at radius 2 is 2.14 bits per heavy atom. The summed E-state index contributed by atoms with van der Waals surface area (Å²) in [5.74, 6) is 1.63. The summed E-state index contributed by atoms with van der Waals surface area (Å²) in [6, 6.07) is 5.45. The Bertz CT molecular complexity index is 680.